The number of benzene rings is 4. The van der Waals surface area contributed by atoms with E-state index in [0.29, 0.717) is 43.7 Å². The molecule has 4 aromatic carbocycles. The van der Waals surface area contributed by atoms with Gasteiger partial charge in [-0.2, -0.15) is 32.1 Å². The molecule has 0 radical (unpaired) electrons. The van der Waals surface area contributed by atoms with Crippen LogP contribution in [0.1, 0.15) is 27.7 Å². The molecule has 0 aliphatic rings. The van der Waals surface area contributed by atoms with E-state index in [4.69, 9.17) is 15.0 Å². The van der Waals surface area contributed by atoms with E-state index >= 15 is 0 Å². The largest absolute Gasteiger partial charge is 0.395 e. The minimum absolute atomic E-state index is 0.108. The highest BCUT2D eigenvalue weighted by Crippen LogP contribution is 2.39. The number of aromatic nitrogens is 5. The lowest BCUT2D eigenvalue weighted by Crippen LogP contribution is -2.31. The molecule has 328 valence electrons. The number of fused-ring (bicyclic) bond motifs is 2. The predicted molar refractivity (Wildman–Crippen MR) is 250 cm³/mol. The molecule has 0 saturated carbocycles. The molecule has 22 heteroatoms. The SMILES string of the molecule is CCN(CC)c1ccc(N=Nc2snc3ccccc23)c(Nc2nc(Nc3cc(N(CC)CC)ccc3N=Nc3snc4ccc(S(=O)(=O)O)cc34)nc(N(CCO)CCO)n2)c1. The van der Waals surface area contributed by atoms with Crippen molar-refractivity contribution >= 4 is 117 Å². The van der Waals surface area contributed by atoms with Crippen LogP contribution in [-0.4, -0.2) is 99.4 Å². The van der Waals surface area contributed by atoms with Gasteiger partial charge in [0.15, 0.2) is 10.0 Å². The molecule has 3 heterocycles. The summed E-state index contributed by atoms with van der Waals surface area (Å²) < 4.78 is 42.4. The minimum Gasteiger partial charge on any atom is -0.395 e. The fourth-order valence-corrected chi connectivity index (χ4v) is 8.57. The van der Waals surface area contributed by atoms with Crippen molar-refractivity contribution in [2.24, 2.45) is 20.5 Å². The zero-order valence-electron chi connectivity index (χ0n) is 34.9. The number of hydrogen-bond donors (Lipinski definition) is 5. The second kappa shape index (κ2) is 20.3. The van der Waals surface area contributed by atoms with Gasteiger partial charge in [0, 0.05) is 61.4 Å². The van der Waals surface area contributed by atoms with Crippen LogP contribution in [0.15, 0.2) is 104 Å². The van der Waals surface area contributed by atoms with Crippen molar-refractivity contribution in [1.82, 2.24) is 23.7 Å². The topological polar surface area (TPSA) is 242 Å². The predicted octanol–water partition coefficient (Wildman–Crippen LogP) is 9.14. The third kappa shape index (κ3) is 10.5. The first kappa shape index (κ1) is 44.7. The smallest absolute Gasteiger partial charge is 0.294 e. The van der Waals surface area contributed by atoms with Crippen molar-refractivity contribution in [2.45, 2.75) is 32.6 Å². The minimum atomic E-state index is -4.47. The number of aliphatic hydroxyl groups is 2. The number of azo groups is 2. The molecule has 0 unspecified atom stereocenters. The van der Waals surface area contributed by atoms with Crippen LogP contribution in [0.2, 0.25) is 0 Å². The number of nitrogens with zero attached hydrogens (tertiary/aromatic N) is 12. The Labute approximate surface area is 372 Å². The third-order valence-electron chi connectivity index (χ3n) is 9.95. The van der Waals surface area contributed by atoms with Crippen LogP contribution in [-0.2, 0) is 10.1 Å². The van der Waals surface area contributed by atoms with E-state index in [1.807, 2.05) is 54.6 Å². The molecule has 0 amide bonds. The van der Waals surface area contributed by atoms with Crippen molar-refractivity contribution in [2.75, 3.05) is 77.8 Å². The van der Waals surface area contributed by atoms with Crippen molar-refractivity contribution in [1.29, 1.82) is 0 Å². The molecule has 7 rings (SSSR count). The fraction of sp³-hybridized carbons (Fsp3) is 0.293. The standard InChI is InChI=1S/C41H46N14O5S3/c1-5-53(6-2)26-13-16-33(47-49-37-29-11-9-10-12-31(29)51-61-37)35(23-26)42-39-44-40(46-41(45-39)55(19-21-56)20-22-57)43-36-24-27(54(7-3)8-4)14-17-34(36)48-50-38-30-25-28(63(58,59)60)15-18-32(30)52-62-38/h9-18,23-25,56-57H,5-8,19-22H2,1-4H3,(H,58,59,60)(H2,42,43,44,45,46). The highest BCUT2D eigenvalue weighted by Gasteiger charge is 2.19. The summed E-state index contributed by atoms with van der Waals surface area (Å²) in [7, 11) is -4.47. The molecule has 19 nitrogen and oxygen atoms in total. The van der Waals surface area contributed by atoms with Gasteiger partial charge in [-0.05, 0) is 117 Å². The summed E-state index contributed by atoms with van der Waals surface area (Å²) in [4.78, 5) is 20.0. The Balaban J connectivity index is 1.31. The Kier molecular flexibility index (Phi) is 14.4. The Hall–Kier alpha value is -6.30. The number of hydrogen-bond acceptors (Lipinski definition) is 20. The van der Waals surface area contributed by atoms with Crippen molar-refractivity contribution in [3.05, 3.63) is 78.9 Å². The number of aliphatic hydroxyl groups excluding tert-OH is 2. The van der Waals surface area contributed by atoms with Gasteiger partial charge in [0.1, 0.15) is 11.4 Å². The van der Waals surface area contributed by atoms with E-state index in [1.165, 1.54) is 29.7 Å². The van der Waals surface area contributed by atoms with Crippen molar-refractivity contribution < 1.29 is 23.2 Å². The third-order valence-corrected chi connectivity index (χ3v) is 12.3. The Morgan fingerprint density at radius 2 is 1.11 bits per heavy atom. The van der Waals surface area contributed by atoms with Crippen LogP contribution in [0.5, 0.6) is 0 Å². The maximum atomic E-state index is 11.9. The monoisotopic (exact) mass is 910 g/mol. The molecule has 7 aromatic rings. The molecule has 63 heavy (non-hydrogen) atoms. The summed E-state index contributed by atoms with van der Waals surface area (Å²) in [5, 5.41) is 47.3. The zero-order chi connectivity index (χ0) is 44.5. The summed E-state index contributed by atoms with van der Waals surface area (Å²) in [5.41, 5.74) is 5.08. The van der Waals surface area contributed by atoms with E-state index in [1.54, 1.807) is 11.0 Å². The van der Waals surface area contributed by atoms with Gasteiger partial charge in [0.25, 0.3) is 10.1 Å². The van der Waals surface area contributed by atoms with E-state index in [0.717, 1.165) is 60.0 Å². The van der Waals surface area contributed by atoms with Gasteiger partial charge in [-0.1, -0.05) is 12.1 Å². The van der Waals surface area contributed by atoms with Gasteiger partial charge < -0.3 is 35.5 Å². The first-order valence-corrected chi connectivity index (χ1v) is 23.1. The zero-order valence-corrected chi connectivity index (χ0v) is 37.4. The molecule has 0 bridgehead atoms. The summed E-state index contributed by atoms with van der Waals surface area (Å²) in [6, 6.07) is 23.2. The highest BCUT2D eigenvalue weighted by atomic mass is 32.2. The van der Waals surface area contributed by atoms with Gasteiger partial charge in [-0.3, -0.25) is 4.55 Å². The summed E-state index contributed by atoms with van der Waals surface area (Å²) >= 11 is 2.29. The van der Waals surface area contributed by atoms with Crippen LogP contribution < -0.4 is 25.3 Å². The van der Waals surface area contributed by atoms with Crippen molar-refractivity contribution in [3.8, 4) is 0 Å². The lowest BCUT2D eigenvalue weighted by atomic mass is 10.2. The van der Waals surface area contributed by atoms with E-state index in [2.05, 4.69) is 77.3 Å². The maximum absolute atomic E-state index is 11.9. The second-order valence-corrected chi connectivity index (χ2v) is 16.7. The van der Waals surface area contributed by atoms with Gasteiger partial charge in [-0.15, -0.1) is 20.5 Å². The molecule has 0 aliphatic carbocycles. The number of rotatable bonds is 20. The van der Waals surface area contributed by atoms with Crippen LogP contribution in [0.4, 0.5) is 62.0 Å². The molecular weight excluding hydrogens is 865 g/mol. The van der Waals surface area contributed by atoms with Gasteiger partial charge in [0.05, 0.1) is 40.5 Å². The first-order chi connectivity index (χ1) is 30.5. The lowest BCUT2D eigenvalue weighted by molar-refractivity contribution is 0.280. The van der Waals surface area contributed by atoms with Crippen LogP contribution >= 0.6 is 23.1 Å². The fourth-order valence-electron chi connectivity index (χ4n) is 6.69. The quantitative estimate of drug-likeness (QED) is 0.0354. The average molecular weight is 911 g/mol. The van der Waals surface area contributed by atoms with E-state index in [-0.39, 0.29) is 49.0 Å². The Morgan fingerprint density at radius 1 is 0.603 bits per heavy atom. The average Bonchev–Trinajstić information content (AvgIpc) is 3.90. The number of anilines is 7. The summed E-state index contributed by atoms with van der Waals surface area (Å²) in [6.45, 7) is 11.0. The number of nitrogens with one attached hydrogen (secondary N) is 2. The first-order valence-electron chi connectivity index (χ1n) is 20.1. The highest BCUT2D eigenvalue weighted by molar-refractivity contribution is 7.85. The van der Waals surface area contributed by atoms with E-state index in [9.17, 15) is 23.2 Å². The molecule has 0 aliphatic heterocycles. The molecule has 0 atom stereocenters. The van der Waals surface area contributed by atoms with Gasteiger partial charge >= 0.3 is 0 Å². The second-order valence-electron chi connectivity index (χ2n) is 13.8. The van der Waals surface area contributed by atoms with Gasteiger partial charge in [-0.25, -0.2) is 0 Å². The Bertz CT molecular complexity index is 2860. The molecule has 0 saturated heterocycles. The van der Waals surface area contributed by atoms with Crippen LogP contribution in [0.3, 0.4) is 0 Å². The normalized spacial score (nSPS) is 11.9. The molecule has 3 aromatic heterocycles. The summed E-state index contributed by atoms with van der Waals surface area (Å²) in [6.07, 6.45) is 0. The van der Waals surface area contributed by atoms with Crippen molar-refractivity contribution in [3.63, 3.8) is 0 Å². The van der Waals surface area contributed by atoms with Crippen LogP contribution in [0, 0.1) is 0 Å². The molecular formula is C41H46N14O5S3. The lowest BCUT2D eigenvalue weighted by Gasteiger charge is -2.24. The molecule has 0 fully saturated rings. The summed E-state index contributed by atoms with van der Waals surface area (Å²) in [5.74, 6) is 0.413. The van der Waals surface area contributed by atoms with Gasteiger partial charge in [0.2, 0.25) is 17.8 Å². The Morgan fingerprint density at radius 3 is 1.62 bits per heavy atom. The van der Waals surface area contributed by atoms with E-state index < -0.39 is 10.1 Å². The molecule has 5 N–H and O–H groups in total. The maximum Gasteiger partial charge on any atom is 0.294 e. The van der Waals surface area contributed by atoms with Crippen LogP contribution in [0.25, 0.3) is 21.8 Å². The molecule has 0 spiro atoms.